The molecule has 3 aromatic carbocycles. The average molecular weight is 776 g/mol. The zero-order valence-electron chi connectivity index (χ0n) is 30.2. The van der Waals surface area contributed by atoms with Gasteiger partial charge in [0.05, 0.1) is 27.4 Å². The summed E-state index contributed by atoms with van der Waals surface area (Å²) in [5.41, 5.74) is 1.47. The van der Waals surface area contributed by atoms with Crippen molar-refractivity contribution in [1.29, 1.82) is 0 Å². The minimum absolute atomic E-state index is 0.0103. The topological polar surface area (TPSA) is 161 Å². The Morgan fingerprint density at radius 3 is 2.38 bits per heavy atom. The van der Waals surface area contributed by atoms with Gasteiger partial charge in [-0.15, -0.1) is 11.8 Å². The molecule has 15 heteroatoms. The van der Waals surface area contributed by atoms with E-state index in [1.54, 1.807) is 37.3 Å². The largest absolute Gasteiger partial charge is 0.483 e. The summed E-state index contributed by atoms with van der Waals surface area (Å²) in [6, 6.07) is 20.5. The SMILES string of the molecule is CCCCC1(CC)CN(c2ccccc2)c2cc(SC)c(OCC(=O)N[C@@H](C(=O)NCCP(=O)(O)OCOCC)c3ccccc3)cc2S(=O)(=O)C1. The molecule has 3 aromatic rings. The van der Waals surface area contributed by atoms with Crippen LogP contribution in [0.15, 0.2) is 82.6 Å². The molecule has 1 aliphatic heterocycles. The summed E-state index contributed by atoms with van der Waals surface area (Å²) >= 11 is 1.37. The van der Waals surface area contributed by atoms with E-state index in [0.717, 1.165) is 24.9 Å². The standard InChI is InChI=1S/C37H50N3O9PS2/c1-5-8-19-37(6-2)25-40(29-17-13-10-14-18-29)30-22-32(51-4)31(23-33(30)52(45,46)26-37)48-24-34(41)39-35(28-15-11-9-12-16-28)36(42)38-20-21-50(43,44)49-27-47-7-3/h9-18,22-23,35H,5-8,19-21,24-27H2,1-4H3,(H,38,42)(H,39,41)(H,43,44)/t35-,37?/m1/s1. The third-order valence-electron chi connectivity index (χ3n) is 9.03. The molecule has 0 radical (unpaired) electrons. The molecule has 0 saturated carbocycles. The predicted octanol–water partition coefficient (Wildman–Crippen LogP) is 6.47. The van der Waals surface area contributed by atoms with E-state index >= 15 is 0 Å². The maximum atomic E-state index is 14.2. The van der Waals surface area contributed by atoms with Crippen LogP contribution in [0.3, 0.4) is 0 Å². The summed E-state index contributed by atoms with van der Waals surface area (Å²) in [6.45, 7) is 5.69. The number of anilines is 2. The van der Waals surface area contributed by atoms with Gasteiger partial charge in [0.1, 0.15) is 11.8 Å². The van der Waals surface area contributed by atoms with Crippen LogP contribution >= 0.6 is 19.4 Å². The highest BCUT2D eigenvalue weighted by Gasteiger charge is 2.42. The van der Waals surface area contributed by atoms with E-state index in [2.05, 4.69) is 29.4 Å². The molecule has 2 amide bonds. The Morgan fingerprint density at radius 2 is 1.75 bits per heavy atom. The molecular formula is C37H50N3O9PS2. The summed E-state index contributed by atoms with van der Waals surface area (Å²) in [7, 11) is -7.80. The summed E-state index contributed by atoms with van der Waals surface area (Å²) in [6.07, 6.45) is 4.83. The second-order valence-corrected chi connectivity index (χ2v) is 17.5. The molecule has 0 spiro atoms. The number of benzene rings is 3. The Hall–Kier alpha value is -3.39. The lowest BCUT2D eigenvalue weighted by molar-refractivity contribution is -0.130. The maximum Gasteiger partial charge on any atom is 0.331 e. The first-order chi connectivity index (χ1) is 24.9. The normalized spacial score (nSPS) is 18.4. The summed E-state index contributed by atoms with van der Waals surface area (Å²) in [4.78, 5) is 39.5. The predicted molar refractivity (Wildman–Crippen MR) is 204 cm³/mol. The van der Waals surface area contributed by atoms with Gasteiger partial charge in [0.15, 0.2) is 23.2 Å². The van der Waals surface area contributed by atoms with Crippen LogP contribution in [-0.4, -0.2) is 76.4 Å². The highest BCUT2D eigenvalue weighted by Crippen LogP contribution is 2.47. The number of carbonyl (C=O) groups excluding carboxylic acids is 2. The Bertz CT molecular complexity index is 1800. The molecule has 4 rings (SSSR count). The number of unbranched alkanes of at least 4 members (excludes halogenated alkanes) is 1. The first-order valence-corrected chi connectivity index (χ1v) is 22.1. The first-order valence-electron chi connectivity index (χ1n) is 17.4. The van der Waals surface area contributed by atoms with Crippen LogP contribution in [0.4, 0.5) is 11.4 Å². The molecule has 12 nitrogen and oxygen atoms in total. The lowest BCUT2D eigenvalue weighted by Crippen LogP contribution is -2.42. The molecule has 3 N–H and O–H groups in total. The molecule has 0 fully saturated rings. The Kier molecular flexibility index (Phi) is 15.2. The van der Waals surface area contributed by atoms with E-state index in [4.69, 9.17) is 14.0 Å². The zero-order valence-corrected chi connectivity index (χ0v) is 32.7. The van der Waals surface area contributed by atoms with Crippen molar-refractivity contribution in [1.82, 2.24) is 10.6 Å². The monoisotopic (exact) mass is 775 g/mol. The van der Waals surface area contributed by atoms with Crippen LogP contribution in [-0.2, 0) is 33.3 Å². The maximum absolute atomic E-state index is 14.2. The molecular weight excluding hydrogens is 726 g/mol. The summed E-state index contributed by atoms with van der Waals surface area (Å²) in [5, 5.41) is 5.29. The van der Waals surface area contributed by atoms with E-state index < -0.39 is 47.3 Å². The van der Waals surface area contributed by atoms with Gasteiger partial charge in [0, 0.05) is 36.9 Å². The summed E-state index contributed by atoms with van der Waals surface area (Å²) < 4.78 is 56.6. The number of thioether (sulfide) groups is 1. The molecule has 0 aromatic heterocycles. The second kappa shape index (κ2) is 19.1. The van der Waals surface area contributed by atoms with Gasteiger partial charge in [0.2, 0.25) is 5.91 Å². The average Bonchev–Trinajstić information content (AvgIpc) is 3.23. The van der Waals surface area contributed by atoms with Gasteiger partial charge in [-0.25, -0.2) is 8.42 Å². The van der Waals surface area contributed by atoms with E-state index in [1.807, 2.05) is 42.7 Å². The number of nitrogens with zero attached hydrogens (tertiary/aromatic N) is 1. The fraction of sp³-hybridized carbons (Fsp3) is 0.459. The molecule has 284 valence electrons. The highest BCUT2D eigenvalue weighted by atomic mass is 32.2. The third kappa shape index (κ3) is 11.1. The zero-order chi connectivity index (χ0) is 37.8. The van der Waals surface area contributed by atoms with Gasteiger partial charge in [-0.2, -0.15) is 0 Å². The van der Waals surface area contributed by atoms with Crippen molar-refractivity contribution in [2.75, 3.05) is 56.2 Å². The van der Waals surface area contributed by atoms with Crippen LogP contribution in [0.1, 0.15) is 58.1 Å². The van der Waals surface area contributed by atoms with Gasteiger partial charge in [-0.05, 0) is 49.8 Å². The van der Waals surface area contributed by atoms with E-state index in [9.17, 15) is 27.5 Å². The van der Waals surface area contributed by atoms with Crippen LogP contribution in [0.5, 0.6) is 5.75 Å². The summed E-state index contributed by atoms with van der Waals surface area (Å²) in [5.74, 6) is -1.00. The number of amides is 2. The van der Waals surface area contributed by atoms with Gasteiger partial charge >= 0.3 is 7.60 Å². The number of nitrogens with one attached hydrogen (secondary N) is 2. The Morgan fingerprint density at radius 1 is 1.06 bits per heavy atom. The van der Waals surface area contributed by atoms with Crippen molar-refractivity contribution in [3.8, 4) is 5.75 Å². The number of para-hydroxylation sites is 1. The molecule has 0 bridgehead atoms. The van der Waals surface area contributed by atoms with Gasteiger partial charge in [-0.3, -0.25) is 18.7 Å². The molecule has 1 aliphatic rings. The smallest absolute Gasteiger partial charge is 0.331 e. The second-order valence-electron chi connectivity index (χ2n) is 12.7. The van der Waals surface area contributed by atoms with E-state index in [0.29, 0.717) is 35.7 Å². The number of ether oxygens (including phenoxy) is 2. The Labute approximate surface area is 311 Å². The van der Waals surface area contributed by atoms with Crippen molar-refractivity contribution >= 4 is 52.4 Å². The van der Waals surface area contributed by atoms with Gasteiger partial charge in [-0.1, -0.05) is 75.2 Å². The van der Waals surface area contributed by atoms with Crippen molar-refractivity contribution in [3.63, 3.8) is 0 Å². The molecule has 0 aliphatic carbocycles. The quantitative estimate of drug-likeness (QED) is 0.0530. The number of carbonyl (C=O) groups is 2. The van der Waals surface area contributed by atoms with Crippen molar-refractivity contribution < 1.29 is 41.5 Å². The molecule has 52 heavy (non-hydrogen) atoms. The van der Waals surface area contributed by atoms with E-state index in [1.165, 1.54) is 17.8 Å². The van der Waals surface area contributed by atoms with Crippen molar-refractivity contribution in [2.24, 2.45) is 5.41 Å². The number of sulfone groups is 1. The van der Waals surface area contributed by atoms with Crippen LogP contribution in [0.25, 0.3) is 0 Å². The van der Waals surface area contributed by atoms with Crippen LogP contribution < -0.4 is 20.3 Å². The van der Waals surface area contributed by atoms with E-state index in [-0.39, 0.29) is 35.9 Å². The third-order valence-corrected chi connectivity index (χ3v) is 13.1. The lowest BCUT2D eigenvalue weighted by atomic mass is 9.81. The molecule has 1 heterocycles. The number of rotatable bonds is 19. The van der Waals surface area contributed by atoms with Crippen LogP contribution in [0.2, 0.25) is 0 Å². The lowest BCUT2D eigenvalue weighted by Gasteiger charge is -2.36. The van der Waals surface area contributed by atoms with Crippen LogP contribution in [0, 0.1) is 5.41 Å². The minimum Gasteiger partial charge on any atom is -0.483 e. The number of hydrogen-bond donors (Lipinski definition) is 3. The highest BCUT2D eigenvalue weighted by molar-refractivity contribution is 7.98. The molecule has 0 saturated heterocycles. The fourth-order valence-electron chi connectivity index (χ4n) is 6.12. The van der Waals surface area contributed by atoms with Gasteiger partial charge in [0.25, 0.3) is 5.91 Å². The number of hydrogen-bond acceptors (Lipinski definition) is 10. The Balaban J connectivity index is 1.57. The van der Waals surface area contributed by atoms with Gasteiger partial charge < -0.3 is 29.9 Å². The molecule has 3 atom stereocenters. The van der Waals surface area contributed by atoms with Crippen molar-refractivity contribution in [2.45, 2.75) is 62.3 Å². The number of fused-ring (bicyclic) bond motifs is 1. The minimum atomic E-state index is -4.01. The van der Waals surface area contributed by atoms with Crippen molar-refractivity contribution in [3.05, 3.63) is 78.4 Å². The first kappa shape index (κ1) is 41.4. The molecule has 2 unspecified atom stereocenters. The fourth-order valence-corrected chi connectivity index (χ4v) is 9.61.